The van der Waals surface area contributed by atoms with Crippen LogP contribution in [-0.2, 0) is 10.0 Å². The molecule has 100 valence electrons. The van der Waals surface area contributed by atoms with Crippen molar-refractivity contribution in [3.05, 3.63) is 29.8 Å². The van der Waals surface area contributed by atoms with Gasteiger partial charge >= 0.3 is 0 Å². The number of sulfonamides is 1. The number of carbonyl (C=O) groups excluding carboxylic acids is 1. The van der Waals surface area contributed by atoms with Crippen LogP contribution in [0.3, 0.4) is 0 Å². The Balaban J connectivity index is 2.98. The van der Waals surface area contributed by atoms with Crippen LogP contribution < -0.4 is 10.0 Å². The molecule has 1 amide bonds. The molecule has 2 N–H and O–H groups in total. The quantitative estimate of drug-likeness (QED) is 0.853. The minimum absolute atomic E-state index is 0.0452. The van der Waals surface area contributed by atoms with Gasteiger partial charge in [-0.3, -0.25) is 9.52 Å². The zero-order chi connectivity index (χ0) is 13.8. The van der Waals surface area contributed by atoms with Crippen molar-refractivity contribution in [2.45, 2.75) is 26.3 Å². The Morgan fingerprint density at radius 3 is 2.50 bits per heavy atom. The second-order valence-corrected chi connectivity index (χ2v) is 5.95. The maximum atomic E-state index is 12.0. The zero-order valence-corrected chi connectivity index (χ0v) is 11.5. The van der Waals surface area contributed by atoms with Crippen molar-refractivity contribution in [3.63, 3.8) is 0 Å². The third-order valence-electron chi connectivity index (χ3n) is 2.46. The number of hydrogen-bond donors (Lipinski definition) is 2. The molecule has 6 heteroatoms. The lowest BCUT2D eigenvalue weighted by Gasteiger charge is -2.14. The van der Waals surface area contributed by atoms with Crippen molar-refractivity contribution in [2.24, 2.45) is 0 Å². The van der Waals surface area contributed by atoms with E-state index in [-0.39, 0.29) is 11.9 Å². The molecule has 5 nitrogen and oxygen atoms in total. The van der Waals surface area contributed by atoms with E-state index in [1.807, 2.05) is 13.8 Å². The summed E-state index contributed by atoms with van der Waals surface area (Å²) in [4.78, 5) is 12.0. The highest BCUT2D eigenvalue weighted by molar-refractivity contribution is 7.92. The number of benzene rings is 1. The number of carbonyl (C=O) groups is 1. The lowest BCUT2D eigenvalue weighted by atomic mass is 10.1. The number of hydrogen-bond acceptors (Lipinski definition) is 3. The van der Waals surface area contributed by atoms with Crippen molar-refractivity contribution < 1.29 is 13.2 Å². The van der Waals surface area contributed by atoms with Crippen LogP contribution in [0.2, 0.25) is 0 Å². The molecule has 0 radical (unpaired) electrons. The second kappa shape index (κ2) is 5.86. The molecule has 1 aromatic carbocycles. The number of amides is 1. The molecular formula is C12H18N2O3S. The van der Waals surface area contributed by atoms with Crippen LogP contribution in [0.5, 0.6) is 0 Å². The van der Waals surface area contributed by atoms with Gasteiger partial charge in [-0.25, -0.2) is 8.42 Å². The first-order valence-electron chi connectivity index (χ1n) is 5.71. The summed E-state index contributed by atoms with van der Waals surface area (Å²) >= 11 is 0. The molecule has 0 saturated heterocycles. The topological polar surface area (TPSA) is 75.3 Å². The van der Waals surface area contributed by atoms with Gasteiger partial charge < -0.3 is 5.32 Å². The Hall–Kier alpha value is -1.56. The van der Waals surface area contributed by atoms with E-state index in [1.165, 1.54) is 0 Å². The van der Waals surface area contributed by atoms with E-state index in [4.69, 9.17) is 0 Å². The van der Waals surface area contributed by atoms with Crippen LogP contribution in [0.15, 0.2) is 24.3 Å². The minimum atomic E-state index is -3.40. The Bertz CT molecular complexity index is 526. The Morgan fingerprint density at radius 1 is 1.33 bits per heavy atom. The Kier molecular flexibility index (Phi) is 4.72. The summed E-state index contributed by atoms with van der Waals surface area (Å²) in [6.45, 7) is 3.86. The van der Waals surface area contributed by atoms with Gasteiger partial charge in [0.25, 0.3) is 5.91 Å². The van der Waals surface area contributed by atoms with Gasteiger partial charge in [-0.2, -0.15) is 0 Å². The van der Waals surface area contributed by atoms with Crippen molar-refractivity contribution in [3.8, 4) is 0 Å². The molecule has 1 rings (SSSR count). The van der Waals surface area contributed by atoms with E-state index in [0.29, 0.717) is 11.3 Å². The molecule has 0 bridgehead atoms. The van der Waals surface area contributed by atoms with Crippen molar-refractivity contribution in [1.82, 2.24) is 5.32 Å². The lowest BCUT2D eigenvalue weighted by molar-refractivity contribution is 0.0940. The van der Waals surface area contributed by atoms with E-state index in [2.05, 4.69) is 10.0 Å². The van der Waals surface area contributed by atoms with Crippen LogP contribution in [0, 0.1) is 0 Å². The molecule has 0 unspecified atom stereocenters. The van der Waals surface area contributed by atoms with Gasteiger partial charge in [0.2, 0.25) is 10.0 Å². The number of rotatable bonds is 5. The van der Waals surface area contributed by atoms with E-state index in [0.717, 1.165) is 12.7 Å². The molecule has 0 saturated carbocycles. The average molecular weight is 270 g/mol. The molecule has 1 aromatic rings. The predicted molar refractivity (Wildman–Crippen MR) is 72.1 cm³/mol. The van der Waals surface area contributed by atoms with Crippen LogP contribution in [0.1, 0.15) is 30.6 Å². The fourth-order valence-electron chi connectivity index (χ4n) is 1.37. The lowest BCUT2D eigenvalue weighted by Crippen LogP contribution is -2.32. The molecule has 0 aliphatic heterocycles. The average Bonchev–Trinajstić information content (AvgIpc) is 2.27. The van der Waals surface area contributed by atoms with Gasteiger partial charge in [-0.05, 0) is 25.5 Å². The van der Waals surface area contributed by atoms with Gasteiger partial charge in [0.15, 0.2) is 0 Å². The summed E-state index contributed by atoms with van der Waals surface area (Å²) < 4.78 is 24.8. The normalized spacial score (nSPS) is 12.8. The minimum Gasteiger partial charge on any atom is -0.350 e. The van der Waals surface area contributed by atoms with Crippen molar-refractivity contribution in [2.75, 3.05) is 11.0 Å². The maximum absolute atomic E-state index is 12.0. The van der Waals surface area contributed by atoms with Gasteiger partial charge in [-0.15, -0.1) is 0 Å². The summed E-state index contributed by atoms with van der Waals surface area (Å²) in [6, 6.07) is 6.56. The fourth-order valence-corrected chi connectivity index (χ4v) is 1.95. The molecule has 0 fully saturated rings. The number of para-hydroxylation sites is 1. The zero-order valence-electron chi connectivity index (χ0n) is 10.7. The summed E-state index contributed by atoms with van der Waals surface area (Å²) in [5.41, 5.74) is 0.615. The molecule has 0 aromatic heterocycles. The Labute approximate surface area is 108 Å². The van der Waals surface area contributed by atoms with Gasteiger partial charge in [0, 0.05) is 6.04 Å². The third-order valence-corrected chi connectivity index (χ3v) is 3.05. The van der Waals surface area contributed by atoms with E-state index in [9.17, 15) is 13.2 Å². The highest BCUT2D eigenvalue weighted by atomic mass is 32.2. The predicted octanol–water partition coefficient (Wildman–Crippen LogP) is 1.59. The first-order chi connectivity index (χ1) is 8.33. The summed E-state index contributed by atoms with van der Waals surface area (Å²) in [7, 11) is -3.40. The third kappa shape index (κ3) is 4.37. The van der Waals surface area contributed by atoms with Gasteiger partial charge in [0.05, 0.1) is 17.5 Å². The number of nitrogens with one attached hydrogen (secondary N) is 2. The largest absolute Gasteiger partial charge is 0.350 e. The van der Waals surface area contributed by atoms with Gasteiger partial charge in [-0.1, -0.05) is 19.1 Å². The molecule has 18 heavy (non-hydrogen) atoms. The first kappa shape index (κ1) is 14.5. The summed E-state index contributed by atoms with van der Waals surface area (Å²) in [6.07, 6.45) is 1.86. The fraction of sp³-hybridized carbons (Fsp3) is 0.417. The van der Waals surface area contributed by atoms with Crippen LogP contribution in [0.4, 0.5) is 5.69 Å². The van der Waals surface area contributed by atoms with Crippen LogP contribution in [-0.4, -0.2) is 26.6 Å². The SMILES string of the molecule is CC[C@H](C)NC(=O)c1ccccc1NS(C)(=O)=O. The molecule has 0 spiro atoms. The van der Waals surface area contributed by atoms with Gasteiger partial charge in [0.1, 0.15) is 0 Å². The van der Waals surface area contributed by atoms with E-state index < -0.39 is 10.0 Å². The second-order valence-electron chi connectivity index (χ2n) is 4.20. The highest BCUT2D eigenvalue weighted by Gasteiger charge is 2.14. The maximum Gasteiger partial charge on any atom is 0.253 e. The first-order valence-corrected chi connectivity index (χ1v) is 7.60. The summed E-state index contributed by atoms with van der Waals surface area (Å²) in [5, 5.41) is 2.80. The van der Waals surface area contributed by atoms with E-state index >= 15 is 0 Å². The van der Waals surface area contributed by atoms with Crippen molar-refractivity contribution in [1.29, 1.82) is 0 Å². The molecule has 0 aliphatic rings. The molecule has 0 aliphatic carbocycles. The molecular weight excluding hydrogens is 252 g/mol. The number of anilines is 1. The molecule has 1 atom stereocenters. The highest BCUT2D eigenvalue weighted by Crippen LogP contribution is 2.16. The van der Waals surface area contributed by atoms with Crippen LogP contribution >= 0.6 is 0 Å². The Morgan fingerprint density at radius 2 is 1.94 bits per heavy atom. The van der Waals surface area contributed by atoms with Crippen molar-refractivity contribution >= 4 is 21.6 Å². The summed E-state index contributed by atoms with van der Waals surface area (Å²) in [5.74, 6) is -0.281. The standard InChI is InChI=1S/C12H18N2O3S/c1-4-9(2)13-12(15)10-7-5-6-8-11(10)14-18(3,16)17/h5-9,14H,4H2,1-3H3,(H,13,15)/t9-/m0/s1. The van der Waals surface area contributed by atoms with Crippen LogP contribution in [0.25, 0.3) is 0 Å². The molecule has 0 heterocycles. The smallest absolute Gasteiger partial charge is 0.253 e. The monoisotopic (exact) mass is 270 g/mol. The van der Waals surface area contributed by atoms with E-state index in [1.54, 1.807) is 24.3 Å².